The molecule has 0 bridgehead atoms. The zero-order valence-electron chi connectivity index (χ0n) is 10.4. The van der Waals surface area contributed by atoms with E-state index in [1.807, 2.05) is 0 Å². The summed E-state index contributed by atoms with van der Waals surface area (Å²) < 4.78 is 0. The number of hydrogen-bond donors (Lipinski definition) is 2. The summed E-state index contributed by atoms with van der Waals surface area (Å²) in [6.07, 6.45) is 9.49. The molecule has 0 aromatic heterocycles. The Kier molecular flexibility index (Phi) is 3.33. The van der Waals surface area contributed by atoms with Crippen LogP contribution in [0.4, 0.5) is 5.69 Å². The van der Waals surface area contributed by atoms with Crippen molar-refractivity contribution in [3.8, 4) is 0 Å². The number of anilines is 1. The van der Waals surface area contributed by atoms with Crippen LogP contribution in [-0.2, 0) is 6.42 Å². The lowest BCUT2D eigenvalue weighted by molar-refractivity contribution is 0.416. The van der Waals surface area contributed by atoms with Crippen molar-refractivity contribution in [1.29, 1.82) is 0 Å². The van der Waals surface area contributed by atoms with Gasteiger partial charge in [-0.3, -0.25) is 0 Å². The fraction of sp³-hybridized carbons (Fsp3) is 0.400. The van der Waals surface area contributed by atoms with Gasteiger partial charge in [0.2, 0.25) is 0 Å². The Balaban J connectivity index is 1.87. The molecule has 2 atom stereocenters. The molecule has 1 aromatic carbocycles. The first-order valence-electron chi connectivity index (χ1n) is 6.65. The Bertz CT molecular complexity index is 481. The summed E-state index contributed by atoms with van der Waals surface area (Å²) in [6.45, 7) is 0. The molecule has 0 saturated carbocycles. The largest absolute Gasteiger partial charge is 0.359 e. The molecule has 18 heavy (non-hydrogen) atoms. The minimum Gasteiger partial charge on any atom is -0.359 e. The van der Waals surface area contributed by atoms with E-state index >= 15 is 0 Å². The van der Waals surface area contributed by atoms with Crippen molar-refractivity contribution in [1.82, 2.24) is 5.32 Å². The topological polar surface area (TPSA) is 24.1 Å². The summed E-state index contributed by atoms with van der Waals surface area (Å²) in [6, 6.07) is 8.86. The predicted molar refractivity (Wildman–Crippen MR) is 79.8 cm³/mol. The minimum atomic E-state index is 0.421. The van der Waals surface area contributed by atoms with Crippen LogP contribution in [0.1, 0.15) is 24.8 Å². The van der Waals surface area contributed by atoms with Crippen LogP contribution in [0.5, 0.6) is 0 Å². The van der Waals surface area contributed by atoms with Crippen LogP contribution in [0, 0.1) is 5.92 Å². The van der Waals surface area contributed by atoms with E-state index in [0.717, 1.165) is 17.2 Å². The summed E-state index contributed by atoms with van der Waals surface area (Å²) in [5.41, 5.74) is 2.51. The molecule has 1 aliphatic heterocycles. The summed E-state index contributed by atoms with van der Waals surface area (Å²) >= 11 is 5.37. The van der Waals surface area contributed by atoms with Crippen LogP contribution >= 0.6 is 12.2 Å². The van der Waals surface area contributed by atoms with Crippen LogP contribution in [0.2, 0.25) is 0 Å². The highest BCUT2D eigenvalue weighted by molar-refractivity contribution is 7.80. The van der Waals surface area contributed by atoms with E-state index < -0.39 is 0 Å². The molecule has 1 aromatic rings. The number of allylic oxidation sites excluding steroid dienone is 1. The number of rotatable bonds is 1. The molecular weight excluding hydrogens is 240 g/mol. The number of fused-ring (bicyclic) bond motifs is 1. The zero-order chi connectivity index (χ0) is 12.4. The molecule has 2 unspecified atom stereocenters. The average Bonchev–Trinajstić information content (AvgIpc) is 2.57. The van der Waals surface area contributed by atoms with E-state index in [1.165, 1.54) is 24.8 Å². The van der Waals surface area contributed by atoms with Gasteiger partial charge in [0.05, 0.1) is 0 Å². The maximum Gasteiger partial charge on any atom is 0.171 e. The van der Waals surface area contributed by atoms with Crippen LogP contribution in [0.25, 0.3) is 0 Å². The monoisotopic (exact) mass is 258 g/mol. The molecule has 0 amide bonds. The van der Waals surface area contributed by atoms with Gasteiger partial charge in [0, 0.05) is 11.7 Å². The van der Waals surface area contributed by atoms with Crippen molar-refractivity contribution in [3.05, 3.63) is 42.0 Å². The van der Waals surface area contributed by atoms with E-state index in [9.17, 15) is 0 Å². The third kappa shape index (κ3) is 2.41. The van der Waals surface area contributed by atoms with E-state index in [4.69, 9.17) is 12.2 Å². The first kappa shape index (κ1) is 11.7. The highest BCUT2D eigenvalue weighted by atomic mass is 32.1. The SMILES string of the molecule is S=C1Nc2ccccc2CC(C2C=CCCC2)N1. The fourth-order valence-corrected chi connectivity index (χ4v) is 3.13. The van der Waals surface area contributed by atoms with Gasteiger partial charge in [-0.05, 0) is 55.4 Å². The van der Waals surface area contributed by atoms with Crippen molar-refractivity contribution in [2.45, 2.75) is 31.7 Å². The Labute approximate surface area is 113 Å². The van der Waals surface area contributed by atoms with Gasteiger partial charge < -0.3 is 10.6 Å². The smallest absolute Gasteiger partial charge is 0.171 e. The maximum absolute atomic E-state index is 5.37. The Morgan fingerprint density at radius 3 is 2.94 bits per heavy atom. The first-order chi connectivity index (χ1) is 8.83. The van der Waals surface area contributed by atoms with Crippen molar-refractivity contribution < 1.29 is 0 Å². The Morgan fingerprint density at radius 2 is 2.11 bits per heavy atom. The van der Waals surface area contributed by atoms with E-state index in [-0.39, 0.29) is 0 Å². The molecule has 1 heterocycles. The number of nitrogens with one attached hydrogen (secondary N) is 2. The number of benzene rings is 1. The molecule has 3 heteroatoms. The van der Waals surface area contributed by atoms with Crippen LogP contribution in [0.15, 0.2) is 36.4 Å². The number of hydrogen-bond acceptors (Lipinski definition) is 1. The highest BCUT2D eigenvalue weighted by Gasteiger charge is 2.25. The van der Waals surface area contributed by atoms with E-state index in [0.29, 0.717) is 12.0 Å². The summed E-state index contributed by atoms with van der Waals surface area (Å²) in [4.78, 5) is 0. The van der Waals surface area contributed by atoms with Crippen LogP contribution in [-0.4, -0.2) is 11.2 Å². The van der Waals surface area contributed by atoms with E-state index in [2.05, 4.69) is 47.1 Å². The van der Waals surface area contributed by atoms with Gasteiger partial charge in [0.25, 0.3) is 0 Å². The van der Waals surface area contributed by atoms with Gasteiger partial charge in [-0.15, -0.1) is 0 Å². The molecular formula is C15H18N2S. The lowest BCUT2D eigenvalue weighted by atomic mass is 9.86. The van der Waals surface area contributed by atoms with Gasteiger partial charge in [0.15, 0.2) is 5.11 Å². The summed E-state index contributed by atoms with van der Waals surface area (Å²) in [5, 5.41) is 7.51. The second kappa shape index (κ2) is 5.11. The fourth-order valence-electron chi connectivity index (χ4n) is 2.87. The quantitative estimate of drug-likeness (QED) is 0.597. The maximum atomic E-state index is 5.37. The van der Waals surface area contributed by atoms with Crippen molar-refractivity contribution in [2.24, 2.45) is 5.92 Å². The van der Waals surface area contributed by atoms with Crippen molar-refractivity contribution in [2.75, 3.05) is 5.32 Å². The summed E-state index contributed by atoms with van der Waals surface area (Å²) in [7, 11) is 0. The van der Waals surface area contributed by atoms with Crippen LogP contribution < -0.4 is 10.6 Å². The predicted octanol–water partition coefficient (Wildman–Crippen LogP) is 3.25. The molecule has 0 spiro atoms. The summed E-state index contributed by atoms with van der Waals surface area (Å²) in [5.74, 6) is 0.602. The third-order valence-electron chi connectivity index (χ3n) is 3.83. The van der Waals surface area contributed by atoms with Gasteiger partial charge in [0.1, 0.15) is 0 Å². The minimum absolute atomic E-state index is 0.421. The molecule has 0 fully saturated rings. The molecule has 2 N–H and O–H groups in total. The molecule has 2 aliphatic rings. The third-order valence-corrected chi connectivity index (χ3v) is 4.05. The average molecular weight is 258 g/mol. The van der Waals surface area contributed by atoms with Crippen molar-refractivity contribution in [3.63, 3.8) is 0 Å². The van der Waals surface area contributed by atoms with Gasteiger partial charge in [-0.2, -0.15) is 0 Å². The normalized spacial score (nSPS) is 26.8. The van der Waals surface area contributed by atoms with Gasteiger partial charge in [-0.25, -0.2) is 0 Å². The van der Waals surface area contributed by atoms with Gasteiger partial charge in [-0.1, -0.05) is 30.4 Å². The molecule has 0 saturated heterocycles. The zero-order valence-corrected chi connectivity index (χ0v) is 11.2. The van der Waals surface area contributed by atoms with Crippen molar-refractivity contribution >= 4 is 23.0 Å². The molecule has 1 aliphatic carbocycles. The lowest BCUT2D eigenvalue weighted by Crippen LogP contribution is -2.41. The molecule has 0 radical (unpaired) electrons. The number of thiocarbonyl (C=S) groups is 1. The van der Waals surface area contributed by atoms with Gasteiger partial charge >= 0.3 is 0 Å². The second-order valence-electron chi connectivity index (χ2n) is 5.09. The highest BCUT2D eigenvalue weighted by Crippen LogP contribution is 2.27. The second-order valence-corrected chi connectivity index (χ2v) is 5.50. The molecule has 2 nitrogen and oxygen atoms in total. The lowest BCUT2D eigenvalue weighted by Gasteiger charge is -2.27. The Morgan fingerprint density at radius 1 is 1.22 bits per heavy atom. The van der Waals surface area contributed by atoms with Crippen LogP contribution in [0.3, 0.4) is 0 Å². The molecule has 94 valence electrons. The van der Waals surface area contributed by atoms with E-state index in [1.54, 1.807) is 0 Å². The Hall–Kier alpha value is -1.35. The number of para-hydroxylation sites is 1. The standard InChI is InChI=1S/C15H18N2S/c18-15-16-13-9-5-4-8-12(13)10-14(17-15)11-6-2-1-3-7-11/h2,4-6,8-9,11,14H,1,3,7,10H2,(H2,16,17,18). The first-order valence-corrected chi connectivity index (χ1v) is 7.06. The molecule has 3 rings (SSSR count).